The highest BCUT2D eigenvalue weighted by Gasteiger charge is 2.08. The lowest BCUT2D eigenvalue weighted by Gasteiger charge is -2.15. The minimum atomic E-state index is -0.00339. The van der Waals surface area contributed by atoms with Crippen LogP contribution in [0.15, 0.2) is 77.8 Å². The first kappa shape index (κ1) is 22.4. The van der Waals surface area contributed by atoms with Gasteiger partial charge in [-0.15, -0.1) is 0 Å². The first-order valence-electron chi connectivity index (χ1n) is 10.1. The zero-order valence-corrected chi connectivity index (χ0v) is 18.8. The lowest BCUT2D eigenvalue weighted by Crippen LogP contribution is -2.36. The quantitative estimate of drug-likeness (QED) is 0.441. The Morgan fingerprint density at radius 3 is 2.19 bits per heavy atom. The van der Waals surface area contributed by atoms with E-state index in [0.29, 0.717) is 24.6 Å². The number of carbonyl (C=O) groups is 1. The second-order valence-electron chi connectivity index (χ2n) is 7.34. The third kappa shape index (κ3) is 6.09. The maximum absolute atomic E-state index is 12.0. The topological polar surface area (TPSA) is 56.7 Å². The van der Waals surface area contributed by atoms with Crippen LogP contribution in [0.5, 0.6) is 0 Å². The van der Waals surface area contributed by atoms with E-state index in [9.17, 15) is 4.79 Å². The molecule has 0 atom stereocenters. The van der Waals surface area contributed by atoms with Crippen LogP contribution < -0.4 is 10.6 Å². The van der Waals surface area contributed by atoms with Crippen LogP contribution in [0.1, 0.15) is 21.5 Å². The van der Waals surface area contributed by atoms with Crippen LogP contribution in [0.3, 0.4) is 0 Å². The molecule has 31 heavy (non-hydrogen) atoms. The predicted molar refractivity (Wildman–Crippen MR) is 128 cm³/mol. The molecule has 1 amide bonds. The molecule has 3 aromatic carbocycles. The summed E-state index contributed by atoms with van der Waals surface area (Å²) in [6.45, 7) is 1.24. The number of nitrogens with zero attached hydrogens (tertiary/aromatic N) is 2. The van der Waals surface area contributed by atoms with E-state index in [-0.39, 0.29) is 5.91 Å². The van der Waals surface area contributed by atoms with Crippen molar-refractivity contribution < 1.29 is 4.79 Å². The number of hydrogen-bond acceptors (Lipinski definition) is 2. The summed E-state index contributed by atoms with van der Waals surface area (Å²) in [5, 5.41) is 7.42. The molecule has 0 unspecified atom stereocenters. The minimum Gasteiger partial charge on any atom is -0.352 e. The van der Waals surface area contributed by atoms with Gasteiger partial charge in [-0.3, -0.25) is 9.79 Å². The Morgan fingerprint density at radius 1 is 0.903 bits per heavy atom. The predicted octanol–water partition coefficient (Wildman–Crippen LogP) is 4.57. The Bertz CT molecular complexity index is 1040. The molecular weight excluding hydrogens is 408 g/mol. The van der Waals surface area contributed by atoms with E-state index < -0.39 is 0 Å². The fourth-order valence-electron chi connectivity index (χ4n) is 3.19. The van der Waals surface area contributed by atoms with Gasteiger partial charge in [0.15, 0.2) is 5.96 Å². The summed E-state index contributed by atoms with van der Waals surface area (Å²) < 4.78 is 0. The van der Waals surface area contributed by atoms with Crippen molar-refractivity contribution in [3.8, 4) is 11.1 Å². The number of aliphatic imine (C=N–C) groups is 1. The normalized spacial score (nSPS) is 11.2. The van der Waals surface area contributed by atoms with Crippen molar-refractivity contribution in [1.29, 1.82) is 0 Å². The van der Waals surface area contributed by atoms with E-state index in [1.807, 2.05) is 60.7 Å². The van der Waals surface area contributed by atoms with E-state index in [0.717, 1.165) is 21.7 Å². The minimum absolute atomic E-state index is 0.00339. The van der Waals surface area contributed by atoms with Crippen molar-refractivity contribution in [2.45, 2.75) is 13.1 Å². The summed E-state index contributed by atoms with van der Waals surface area (Å²) in [6.07, 6.45) is 0. The Morgan fingerprint density at radius 2 is 1.55 bits per heavy atom. The van der Waals surface area contributed by atoms with Crippen LogP contribution >= 0.6 is 11.6 Å². The smallest absolute Gasteiger partial charge is 0.253 e. The number of amides is 1. The maximum Gasteiger partial charge on any atom is 0.253 e. The van der Waals surface area contributed by atoms with Crippen LogP contribution in [0.4, 0.5) is 0 Å². The van der Waals surface area contributed by atoms with Crippen molar-refractivity contribution in [2.75, 3.05) is 21.1 Å². The third-order valence-corrected chi connectivity index (χ3v) is 5.16. The number of halogens is 1. The Labute approximate surface area is 188 Å². The van der Waals surface area contributed by atoms with E-state index in [1.54, 1.807) is 26.0 Å². The van der Waals surface area contributed by atoms with Crippen molar-refractivity contribution in [3.05, 3.63) is 94.5 Å². The molecule has 0 saturated heterocycles. The molecule has 6 heteroatoms. The van der Waals surface area contributed by atoms with Gasteiger partial charge in [-0.2, -0.15) is 0 Å². The molecule has 3 aromatic rings. The average Bonchev–Trinajstić information content (AvgIpc) is 2.80. The number of guanidine groups is 1. The highest BCUT2D eigenvalue weighted by atomic mass is 35.5. The van der Waals surface area contributed by atoms with Crippen molar-refractivity contribution in [1.82, 2.24) is 15.5 Å². The van der Waals surface area contributed by atoms with Crippen LogP contribution in [0.25, 0.3) is 11.1 Å². The first-order valence-corrected chi connectivity index (χ1v) is 10.4. The highest BCUT2D eigenvalue weighted by Crippen LogP contribution is 2.25. The molecule has 0 aromatic heterocycles. The zero-order chi connectivity index (χ0) is 22.2. The van der Waals surface area contributed by atoms with Crippen molar-refractivity contribution in [3.63, 3.8) is 0 Å². The molecule has 0 radical (unpaired) electrons. The van der Waals surface area contributed by atoms with E-state index >= 15 is 0 Å². The highest BCUT2D eigenvalue weighted by molar-refractivity contribution is 6.30. The monoisotopic (exact) mass is 434 g/mol. The maximum atomic E-state index is 12.0. The Hall–Kier alpha value is -3.31. The van der Waals surface area contributed by atoms with Crippen LogP contribution in [-0.4, -0.2) is 37.9 Å². The molecule has 160 valence electrons. The number of carbonyl (C=O) groups excluding carboxylic acids is 1. The van der Waals surface area contributed by atoms with Gasteiger partial charge >= 0.3 is 0 Å². The largest absolute Gasteiger partial charge is 0.352 e. The second kappa shape index (κ2) is 10.6. The van der Waals surface area contributed by atoms with Crippen LogP contribution in [0, 0.1) is 0 Å². The molecular formula is C25H27ClN4O. The molecule has 3 rings (SSSR count). The van der Waals surface area contributed by atoms with Crippen LogP contribution in [-0.2, 0) is 13.1 Å². The number of benzene rings is 3. The molecule has 0 saturated carbocycles. The lowest BCUT2D eigenvalue weighted by atomic mass is 10.00. The van der Waals surface area contributed by atoms with Gasteiger partial charge in [-0.25, -0.2) is 0 Å². The van der Waals surface area contributed by atoms with E-state index in [4.69, 9.17) is 11.6 Å². The number of hydrogen-bond donors (Lipinski definition) is 2. The summed E-state index contributed by atoms with van der Waals surface area (Å²) >= 11 is 6.03. The molecule has 0 heterocycles. The first-order chi connectivity index (χ1) is 15.0. The lowest BCUT2D eigenvalue weighted by molar-refractivity contribution is 0.0827. The second-order valence-corrected chi connectivity index (χ2v) is 7.78. The van der Waals surface area contributed by atoms with Gasteiger partial charge < -0.3 is 15.5 Å². The standard InChI is InChI=1S/C25H27ClN4O/c1-27-25(28-16-18-8-10-20(11-9-18)24(31)30(2)3)29-17-21-6-4-5-7-23(21)19-12-14-22(26)15-13-19/h4-15H,16-17H2,1-3H3,(H2,27,28,29). The number of rotatable bonds is 6. The molecule has 0 aliphatic carbocycles. The molecule has 0 fully saturated rings. The van der Waals surface area contributed by atoms with Gasteiger partial charge in [0.25, 0.3) is 5.91 Å². The van der Waals surface area contributed by atoms with Crippen LogP contribution in [0.2, 0.25) is 5.02 Å². The average molecular weight is 435 g/mol. The zero-order valence-electron chi connectivity index (χ0n) is 18.0. The fraction of sp³-hybridized carbons (Fsp3) is 0.200. The van der Waals surface area contributed by atoms with Gasteiger partial charge in [-0.1, -0.05) is 60.1 Å². The molecule has 0 bridgehead atoms. The third-order valence-electron chi connectivity index (χ3n) is 4.91. The summed E-state index contributed by atoms with van der Waals surface area (Å²) in [5.41, 5.74) is 5.19. The SMILES string of the molecule is CN=C(NCc1ccc(C(=O)N(C)C)cc1)NCc1ccccc1-c1ccc(Cl)cc1. The molecule has 0 aliphatic heterocycles. The van der Waals surface area contributed by atoms with Gasteiger partial charge in [0.2, 0.25) is 0 Å². The van der Waals surface area contributed by atoms with E-state index in [1.165, 1.54) is 5.56 Å². The molecule has 0 spiro atoms. The van der Waals surface area contributed by atoms with Gasteiger partial charge in [-0.05, 0) is 46.5 Å². The molecule has 0 aliphatic rings. The van der Waals surface area contributed by atoms with Crippen molar-refractivity contribution in [2.24, 2.45) is 4.99 Å². The van der Waals surface area contributed by atoms with E-state index in [2.05, 4.69) is 27.8 Å². The summed E-state index contributed by atoms with van der Waals surface area (Å²) in [4.78, 5) is 17.9. The number of nitrogens with one attached hydrogen (secondary N) is 2. The fourth-order valence-corrected chi connectivity index (χ4v) is 3.32. The summed E-state index contributed by atoms with van der Waals surface area (Å²) in [6, 6.07) is 23.7. The summed E-state index contributed by atoms with van der Waals surface area (Å²) in [5.74, 6) is 0.704. The Kier molecular flexibility index (Phi) is 7.68. The van der Waals surface area contributed by atoms with Gasteiger partial charge in [0.1, 0.15) is 0 Å². The summed E-state index contributed by atoms with van der Waals surface area (Å²) in [7, 11) is 5.25. The van der Waals surface area contributed by atoms with Gasteiger partial charge in [0, 0.05) is 44.8 Å². The molecule has 5 nitrogen and oxygen atoms in total. The Balaban J connectivity index is 1.60. The van der Waals surface area contributed by atoms with Gasteiger partial charge in [0.05, 0.1) is 0 Å². The van der Waals surface area contributed by atoms with Crippen molar-refractivity contribution >= 4 is 23.5 Å². The molecule has 2 N–H and O–H groups in total.